The molecule has 2 aliphatic rings. The van der Waals surface area contributed by atoms with Crippen molar-refractivity contribution in [2.24, 2.45) is 0 Å². The number of aromatic nitrogens is 1. The predicted octanol–water partition coefficient (Wildman–Crippen LogP) is 3.52. The number of pyridine rings is 1. The smallest absolute Gasteiger partial charge is 0.254 e. The van der Waals surface area contributed by atoms with Crippen molar-refractivity contribution in [3.8, 4) is 0 Å². The Bertz CT molecular complexity index is 1270. The normalized spacial score (nSPS) is 17.1. The topological polar surface area (TPSA) is 70.6 Å². The summed E-state index contributed by atoms with van der Waals surface area (Å²) >= 11 is 5.88. The Balaban J connectivity index is 1.40. The molecular formula is C23H22ClN3O3S. The summed E-state index contributed by atoms with van der Waals surface area (Å²) in [6.07, 6.45) is 2.76. The highest BCUT2D eigenvalue weighted by atomic mass is 35.5. The van der Waals surface area contributed by atoms with Crippen molar-refractivity contribution in [1.29, 1.82) is 0 Å². The summed E-state index contributed by atoms with van der Waals surface area (Å²) in [5.41, 5.74) is 3.66. The third-order valence-corrected chi connectivity index (χ3v) is 8.28. The van der Waals surface area contributed by atoms with E-state index in [0.717, 1.165) is 47.0 Å². The van der Waals surface area contributed by atoms with E-state index in [9.17, 15) is 13.2 Å². The van der Waals surface area contributed by atoms with Gasteiger partial charge >= 0.3 is 0 Å². The molecular weight excluding hydrogens is 434 g/mol. The number of halogens is 1. The van der Waals surface area contributed by atoms with Crippen LogP contribution in [0.4, 0.5) is 0 Å². The van der Waals surface area contributed by atoms with Crippen LogP contribution in [0.15, 0.2) is 53.4 Å². The summed E-state index contributed by atoms with van der Waals surface area (Å²) in [7, 11) is -3.61. The predicted molar refractivity (Wildman–Crippen MR) is 120 cm³/mol. The van der Waals surface area contributed by atoms with Crippen LogP contribution in [0.2, 0.25) is 5.02 Å². The SMILES string of the molecule is O=C(c1c2c(nc3ccccc13)CCC2)N1CCN(S(=O)(=O)c2ccc(Cl)cc2)CC1. The molecule has 2 heterocycles. The lowest BCUT2D eigenvalue weighted by atomic mass is 10.00. The van der Waals surface area contributed by atoms with E-state index < -0.39 is 10.0 Å². The molecule has 31 heavy (non-hydrogen) atoms. The number of fused-ring (bicyclic) bond motifs is 2. The highest BCUT2D eigenvalue weighted by Gasteiger charge is 2.32. The van der Waals surface area contributed by atoms with E-state index >= 15 is 0 Å². The Morgan fingerprint density at radius 1 is 0.935 bits per heavy atom. The summed E-state index contributed by atoms with van der Waals surface area (Å²) in [6, 6.07) is 13.9. The van der Waals surface area contributed by atoms with Crippen LogP contribution in [0.1, 0.15) is 28.0 Å². The van der Waals surface area contributed by atoms with Crippen molar-refractivity contribution >= 4 is 38.4 Å². The number of sulfonamides is 1. The molecule has 1 saturated heterocycles. The minimum atomic E-state index is -3.61. The van der Waals surface area contributed by atoms with Crippen LogP contribution in [0.5, 0.6) is 0 Å². The molecule has 2 aromatic carbocycles. The third kappa shape index (κ3) is 3.60. The van der Waals surface area contributed by atoms with Crippen LogP contribution >= 0.6 is 11.6 Å². The molecule has 0 atom stereocenters. The molecule has 1 aliphatic heterocycles. The molecule has 0 unspecified atom stereocenters. The standard InChI is InChI=1S/C23H22ClN3O3S/c24-16-8-10-17(11-9-16)31(29,30)27-14-12-26(13-15-27)23(28)22-18-4-1-2-6-20(18)25-21-7-3-5-19(21)22/h1-2,4,6,8-11H,3,5,7,12-15H2. The highest BCUT2D eigenvalue weighted by molar-refractivity contribution is 7.89. The third-order valence-electron chi connectivity index (χ3n) is 6.11. The molecule has 0 spiro atoms. The molecule has 8 heteroatoms. The lowest BCUT2D eigenvalue weighted by Crippen LogP contribution is -2.50. The van der Waals surface area contributed by atoms with E-state index in [0.29, 0.717) is 18.1 Å². The van der Waals surface area contributed by atoms with Crippen molar-refractivity contribution in [3.05, 3.63) is 70.4 Å². The number of piperazine rings is 1. The number of rotatable bonds is 3. The lowest BCUT2D eigenvalue weighted by molar-refractivity contribution is 0.0699. The summed E-state index contributed by atoms with van der Waals surface area (Å²) in [5, 5.41) is 1.37. The molecule has 0 bridgehead atoms. The first-order valence-corrected chi connectivity index (χ1v) is 12.2. The number of carbonyl (C=O) groups excluding carboxylic acids is 1. The van der Waals surface area contributed by atoms with Gasteiger partial charge in [0.15, 0.2) is 0 Å². The molecule has 5 rings (SSSR count). The first-order chi connectivity index (χ1) is 14.9. The Morgan fingerprint density at radius 2 is 1.65 bits per heavy atom. The van der Waals surface area contributed by atoms with Crippen LogP contribution in [0.25, 0.3) is 10.9 Å². The van der Waals surface area contributed by atoms with Gasteiger partial charge in [0.05, 0.1) is 16.0 Å². The van der Waals surface area contributed by atoms with Crippen molar-refractivity contribution in [1.82, 2.24) is 14.2 Å². The molecule has 1 fully saturated rings. The molecule has 1 aliphatic carbocycles. The molecule has 3 aromatic rings. The molecule has 160 valence electrons. The molecule has 1 aromatic heterocycles. The Hall–Kier alpha value is -2.48. The molecule has 0 N–H and O–H groups in total. The van der Waals surface area contributed by atoms with Crippen LogP contribution in [-0.2, 0) is 22.9 Å². The summed E-state index contributed by atoms with van der Waals surface area (Å²) < 4.78 is 27.3. The van der Waals surface area contributed by atoms with Crippen molar-refractivity contribution in [3.63, 3.8) is 0 Å². The maximum Gasteiger partial charge on any atom is 0.254 e. The van der Waals surface area contributed by atoms with Gasteiger partial charge in [0, 0.05) is 42.3 Å². The number of aryl methyl sites for hydroxylation is 1. The zero-order valence-corrected chi connectivity index (χ0v) is 18.5. The van der Waals surface area contributed by atoms with Crippen molar-refractivity contribution in [2.75, 3.05) is 26.2 Å². The van der Waals surface area contributed by atoms with Crippen LogP contribution in [-0.4, -0.2) is 54.7 Å². The maximum absolute atomic E-state index is 13.6. The number of para-hydroxylation sites is 1. The minimum absolute atomic E-state index is 0.0275. The van der Waals surface area contributed by atoms with Gasteiger partial charge < -0.3 is 4.90 Å². The van der Waals surface area contributed by atoms with E-state index in [1.54, 1.807) is 17.0 Å². The maximum atomic E-state index is 13.6. The summed E-state index contributed by atoms with van der Waals surface area (Å²) in [5.74, 6) is -0.0275. The zero-order valence-electron chi connectivity index (χ0n) is 16.9. The van der Waals surface area contributed by atoms with Crippen LogP contribution in [0.3, 0.4) is 0 Å². The van der Waals surface area contributed by atoms with Gasteiger partial charge in [-0.15, -0.1) is 0 Å². The van der Waals surface area contributed by atoms with Gasteiger partial charge in [-0.25, -0.2) is 8.42 Å². The van der Waals surface area contributed by atoms with Gasteiger partial charge in [-0.1, -0.05) is 29.8 Å². The van der Waals surface area contributed by atoms with Gasteiger partial charge in [0.1, 0.15) is 0 Å². The second kappa shape index (κ2) is 7.89. The summed E-state index contributed by atoms with van der Waals surface area (Å²) in [4.78, 5) is 20.3. The van der Waals surface area contributed by atoms with Gasteiger partial charge in [-0.2, -0.15) is 4.31 Å². The molecule has 0 saturated carbocycles. The van der Waals surface area contributed by atoms with Gasteiger partial charge in [-0.05, 0) is 55.2 Å². The highest BCUT2D eigenvalue weighted by Crippen LogP contribution is 2.31. The number of benzene rings is 2. The molecule has 6 nitrogen and oxygen atoms in total. The van der Waals surface area contributed by atoms with Gasteiger partial charge in [0.25, 0.3) is 5.91 Å². The summed E-state index contributed by atoms with van der Waals surface area (Å²) in [6.45, 7) is 1.25. The number of amides is 1. The number of nitrogens with zero attached hydrogens (tertiary/aromatic N) is 3. The minimum Gasteiger partial charge on any atom is -0.336 e. The van der Waals surface area contributed by atoms with Gasteiger partial charge in [0.2, 0.25) is 10.0 Å². The molecule has 1 amide bonds. The largest absolute Gasteiger partial charge is 0.336 e. The number of hydrogen-bond donors (Lipinski definition) is 0. The lowest BCUT2D eigenvalue weighted by Gasteiger charge is -2.34. The van der Waals surface area contributed by atoms with Crippen LogP contribution in [0, 0.1) is 0 Å². The fraction of sp³-hybridized carbons (Fsp3) is 0.304. The van der Waals surface area contributed by atoms with Crippen molar-refractivity contribution < 1.29 is 13.2 Å². The van der Waals surface area contributed by atoms with Gasteiger partial charge in [-0.3, -0.25) is 9.78 Å². The Kier molecular flexibility index (Phi) is 5.20. The number of carbonyl (C=O) groups is 1. The quantitative estimate of drug-likeness (QED) is 0.605. The zero-order chi connectivity index (χ0) is 21.6. The van der Waals surface area contributed by atoms with Crippen LogP contribution < -0.4 is 0 Å². The molecule has 0 radical (unpaired) electrons. The van der Waals surface area contributed by atoms with E-state index in [4.69, 9.17) is 16.6 Å². The second-order valence-electron chi connectivity index (χ2n) is 7.93. The van der Waals surface area contributed by atoms with Crippen molar-refractivity contribution in [2.45, 2.75) is 24.2 Å². The monoisotopic (exact) mass is 455 g/mol. The van der Waals surface area contributed by atoms with E-state index in [1.807, 2.05) is 24.3 Å². The van der Waals surface area contributed by atoms with E-state index in [2.05, 4.69) is 0 Å². The van der Waals surface area contributed by atoms with E-state index in [1.165, 1.54) is 16.4 Å². The fourth-order valence-corrected chi connectivity index (χ4v) is 6.05. The first-order valence-electron chi connectivity index (χ1n) is 10.4. The second-order valence-corrected chi connectivity index (χ2v) is 10.3. The Morgan fingerprint density at radius 3 is 2.39 bits per heavy atom. The van der Waals surface area contributed by atoms with E-state index in [-0.39, 0.29) is 23.9 Å². The first kappa shape index (κ1) is 20.4. The average molecular weight is 456 g/mol. The Labute approximate surface area is 186 Å². The number of hydrogen-bond acceptors (Lipinski definition) is 4. The average Bonchev–Trinajstić information content (AvgIpc) is 3.25. The fourth-order valence-electron chi connectivity index (χ4n) is 4.50.